The van der Waals surface area contributed by atoms with Crippen molar-refractivity contribution in [1.29, 1.82) is 5.26 Å². The normalized spacial score (nSPS) is 13.8. The largest absolute Gasteiger partial charge is 0.396 e. The van der Waals surface area contributed by atoms with Crippen LogP contribution >= 0.6 is 0 Å². The van der Waals surface area contributed by atoms with Gasteiger partial charge in [-0.1, -0.05) is 13.8 Å². The standard InChI is InChI=1S/C13H17FN2O/c1-3-13(2,9-17)8-16-12-5-4-10(7-15)6-11(12)14/h4-6,16-17H,3,8-9H2,1-2H3. The molecule has 0 saturated heterocycles. The lowest BCUT2D eigenvalue weighted by Gasteiger charge is -2.26. The fourth-order valence-corrected chi connectivity index (χ4v) is 1.33. The topological polar surface area (TPSA) is 56.0 Å². The van der Waals surface area contributed by atoms with E-state index >= 15 is 0 Å². The van der Waals surface area contributed by atoms with Crippen molar-refractivity contribution in [2.75, 3.05) is 18.5 Å². The molecule has 4 heteroatoms. The van der Waals surface area contributed by atoms with Crippen molar-refractivity contribution in [2.24, 2.45) is 5.41 Å². The zero-order valence-corrected chi connectivity index (χ0v) is 10.1. The molecule has 0 radical (unpaired) electrons. The number of nitrogens with one attached hydrogen (secondary N) is 1. The van der Waals surface area contributed by atoms with E-state index in [1.807, 2.05) is 19.9 Å². The van der Waals surface area contributed by atoms with Gasteiger partial charge in [-0.05, 0) is 24.6 Å². The highest BCUT2D eigenvalue weighted by molar-refractivity contribution is 5.48. The number of benzene rings is 1. The summed E-state index contributed by atoms with van der Waals surface area (Å²) in [5, 5.41) is 20.8. The third kappa shape index (κ3) is 3.43. The molecule has 1 unspecified atom stereocenters. The van der Waals surface area contributed by atoms with Crippen LogP contribution < -0.4 is 5.32 Å². The van der Waals surface area contributed by atoms with E-state index in [0.717, 1.165) is 6.42 Å². The second-order valence-electron chi connectivity index (χ2n) is 4.48. The van der Waals surface area contributed by atoms with Crippen LogP contribution in [0, 0.1) is 22.6 Å². The summed E-state index contributed by atoms with van der Waals surface area (Å²) in [6.07, 6.45) is 0.800. The van der Waals surface area contributed by atoms with E-state index in [1.165, 1.54) is 6.07 Å². The predicted octanol–water partition coefficient (Wildman–Crippen LogP) is 2.52. The zero-order valence-electron chi connectivity index (χ0n) is 10.1. The molecule has 0 aliphatic carbocycles. The maximum atomic E-state index is 13.5. The second kappa shape index (κ2) is 5.65. The number of halogens is 1. The van der Waals surface area contributed by atoms with Gasteiger partial charge in [-0.15, -0.1) is 0 Å². The molecule has 1 aromatic rings. The summed E-state index contributed by atoms with van der Waals surface area (Å²) in [5.41, 5.74) is 0.394. The Hall–Kier alpha value is -1.60. The molecule has 0 saturated carbocycles. The van der Waals surface area contributed by atoms with Crippen LogP contribution in [-0.4, -0.2) is 18.3 Å². The quantitative estimate of drug-likeness (QED) is 0.826. The molecular formula is C13H17FN2O. The van der Waals surface area contributed by atoms with Gasteiger partial charge >= 0.3 is 0 Å². The summed E-state index contributed by atoms with van der Waals surface area (Å²) in [5.74, 6) is -0.444. The number of hydrogen-bond donors (Lipinski definition) is 2. The van der Waals surface area contributed by atoms with Crippen LogP contribution in [0.15, 0.2) is 18.2 Å². The number of aliphatic hydroxyl groups excluding tert-OH is 1. The van der Waals surface area contributed by atoms with E-state index in [1.54, 1.807) is 12.1 Å². The highest BCUT2D eigenvalue weighted by Gasteiger charge is 2.21. The minimum absolute atomic E-state index is 0.0500. The van der Waals surface area contributed by atoms with Gasteiger partial charge in [0, 0.05) is 12.0 Å². The van der Waals surface area contributed by atoms with Crippen LogP contribution in [-0.2, 0) is 0 Å². The molecule has 0 aliphatic rings. The predicted molar refractivity (Wildman–Crippen MR) is 65.1 cm³/mol. The molecule has 0 fully saturated rings. The third-order valence-corrected chi connectivity index (χ3v) is 3.04. The lowest BCUT2D eigenvalue weighted by molar-refractivity contribution is 0.149. The SMILES string of the molecule is CCC(C)(CO)CNc1ccc(C#N)cc1F. The monoisotopic (exact) mass is 236 g/mol. The fourth-order valence-electron chi connectivity index (χ4n) is 1.33. The Morgan fingerprint density at radius 1 is 1.53 bits per heavy atom. The molecule has 2 N–H and O–H groups in total. The van der Waals surface area contributed by atoms with Crippen molar-refractivity contribution in [3.63, 3.8) is 0 Å². The minimum atomic E-state index is -0.444. The second-order valence-corrected chi connectivity index (χ2v) is 4.48. The highest BCUT2D eigenvalue weighted by Crippen LogP contribution is 2.22. The fraction of sp³-hybridized carbons (Fsp3) is 0.462. The van der Waals surface area contributed by atoms with Gasteiger partial charge in [-0.2, -0.15) is 5.26 Å². The number of nitrogens with zero attached hydrogens (tertiary/aromatic N) is 1. The zero-order chi connectivity index (χ0) is 12.9. The van der Waals surface area contributed by atoms with Gasteiger partial charge in [-0.3, -0.25) is 0 Å². The molecule has 1 atom stereocenters. The Labute approximate surface area is 101 Å². The highest BCUT2D eigenvalue weighted by atomic mass is 19.1. The van der Waals surface area contributed by atoms with Gasteiger partial charge in [0.25, 0.3) is 0 Å². The lowest BCUT2D eigenvalue weighted by atomic mass is 9.88. The first-order valence-electron chi connectivity index (χ1n) is 5.59. The Balaban J connectivity index is 2.74. The summed E-state index contributed by atoms with van der Waals surface area (Å²) in [4.78, 5) is 0. The van der Waals surface area contributed by atoms with E-state index in [-0.39, 0.29) is 12.0 Å². The molecule has 0 bridgehead atoms. The van der Waals surface area contributed by atoms with Gasteiger partial charge in [-0.25, -0.2) is 4.39 Å². The van der Waals surface area contributed by atoms with Crippen LogP contribution in [0.2, 0.25) is 0 Å². The molecule has 1 aromatic carbocycles. The smallest absolute Gasteiger partial charge is 0.147 e. The maximum Gasteiger partial charge on any atom is 0.147 e. The van der Waals surface area contributed by atoms with Crippen molar-refractivity contribution < 1.29 is 9.50 Å². The molecule has 0 spiro atoms. The van der Waals surface area contributed by atoms with Gasteiger partial charge in [0.1, 0.15) is 5.82 Å². The average Bonchev–Trinajstić information content (AvgIpc) is 2.36. The molecule has 17 heavy (non-hydrogen) atoms. The Bertz CT molecular complexity index is 422. The first-order valence-corrected chi connectivity index (χ1v) is 5.59. The Morgan fingerprint density at radius 2 is 2.24 bits per heavy atom. The Kier molecular flexibility index (Phi) is 4.47. The van der Waals surface area contributed by atoms with Crippen molar-refractivity contribution in [3.8, 4) is 6.07 Å². The summed E-state index contributed by atoms with van der Waals surface area (Å²) in [6.45, 7) is 4.45. The summed E-state index contributed by atoms with van der Waals surface area (Å²) in [6, 6.07) is 6.19. The van der Waals surface area contributed by atoms with Crippen LogP contribution in [0.4, 0.5) is 10.1 Å². The minimum Gasteiger partial charge on any atom is -0.396 e. The molecule has 3 nitrogen and oxygen atoms in total. The van der Waals surface area contributed by atoms with Crippen LogP contribution in [0.5, 0.6) is 0 Å². The summed E-state index contributed by atoms with van der Waals surface area (Å²) in [7, 11) is 0. The molecule has 0 amide bonds. The molecule has 0 aromatic heterocycles. The van der Waals surface area contributed by atoms with Crippen LogP contribution in [0.3, 0.4) is 0 Å². The molecule has 1 rings (SSSR count). The first-order chi connectivity index (χ1) is 8.04. The van der Waals surface area contributed by atoms with Crippen LogP contribution in [0.25, 0.3) is 0 Å². The van der Waals surface area contributed by atoms with E-state index in [0.29, 0.717) is 17.8 Å². The summed E-state index contributed by atoms with van der Waals surface area (Å²) < 4.78 is 13.5. The first kappa shape index (κ1) is 13.5. The number of aliphatic hydroxyl groups is 1. The van der Waals surface area contributed by atoms with Crippen molar-refractivity contribution >= 4 is 5.69 Å². The van der Waals surface area contributed by atoms with Gasteiger partial charge in [0.15, 0.2) is 0 Å². The molecular weight excluding hydrogens is 219 g/mol. The van der Waals surface area contributed by atoms with E-state index in [9.17, 15) is 9.50 Å². The maximum absolute atomic E-state index is 13.5. The number of anilines is 1. The van der Waals surface area contributed by atoms with Gasteiger partial charge in [0.05, 0.1) is 23.9 Å². The van der Waals surface area contributed by atoms with Crippen molar-refractivity contribution in [1.82, 2.24) is 0 Å². The Morgan fingerprint density at radius 3 is 2.71 bits per heavy atom. The van der Waals surface area contributed by atoms with E-state index in [2.05, 4.69) is 5.32 Å². The summed E-state index contributed by atoms with van der Waals surface area (Å²) >= 11 is 0. The number of nitriles is 1. The van der Waals surface area contributed by atoms with Crippen LogP contribution in [0.1, 0.15) is 25.8 Å². The molecule has 92 valence electrons. The van der Waals surface area contributed by atoms with E-state index < -0.39 is 5.82 Å². The third-order valence-electron chi connectivity index (χ3n) is 3.04. The van der Waals surface area contributed by atoms with Crippen molar-refractivity contribution in [3.05, 3.63) is 29.6 Å². The average molecular weight is 236 g/mol. The number of rotatable bonds is 5. The van der Waals surface area contributed by atoms with E-state index in [4.69, 9.17) is 5.26 Å². The number of hydrogen-bond acceptors (Lipinski definition) is 3. The van der Waals surface area contributed by atoms with Gasteiger partial charge < -0.3 is 10.4 Å². The molecule has 0 heterocycles. The lowest BCUT2D eigenvalue weighted by Crippen LogP contribution is -2.29. The molecule has 0 aliphatic heterocycles. The van der Waals surface area contributed by atoms with Crippen molar-refractivity contribution in [2.45, 2.75) is 20.3 Å². The van der Waals surface area contributed by atoms with Gasteiger partial charge in [0.2, 0.25) is 0 Å².